The van der Waals surface area contributed by atoms with Crippen molar-refractivity contribution in [2.24, 2.45) is 0 Å². The van der Waals surface area contributed by atoms with Crippen LogP contribution in [0, 0.1) is 6.92 Å². The molecule has 0 saturated heterocycles. The molecule has 1 atom stereocenters. The fraction of sp³-hybridized carbons (Fsp3) is 0.533. The molecule has 1 amide bonds. The zero-order valence-corrected chi connectivity index (χ0v) is 13.7. The summed E-state index contributed by atoms with van der Waals surface area (Å²) in [4.78, 5) is 14.5. The second-order valence-electron chi connectivity index (χ2n) is 4.73. The van der Waals surface area contributed by atoms with Gasteiger partial charge in [-0.15, -0.1) is 0 Å². The Balaban J connectivity index is 2.97. The van der Waals surface area contributed by atoms with Crippen molar-refractivity contribution in [1.82, 2.24) is 4.90 Å². The Kier molecular flexibility index (Phi) is 6.52. The molecule has 19 heavy (non-hydrogen) atoms. The number of amides is 1. The number of hydrogen-bond acceptors (Lipinski definition) is 2. The van der Waals surface area contributed by atoms with Crippen molar-refractivity contribution >= 4 is 21.8 Å². The Morgan fingerprint density at radius 2 is 2.16 bits per heavy atom. The molecule has 0 heterocycles. The summed E-state index contributed by atoms with van der Waals surface area (Å²) in [5.74, 6) is 0.0540. The fourth-order valence-electron chi connectivity index (χ4n) is 1.88. The van der Waals surface area contributed by atoms with Crippen molar-refractivity contribution in [1.29, 1.82) is 0 Å². The average Bonchev–Trinajstić information content (AvgIpc) is 2.38. The molecular weight excluding hydrogens is 306 g/mol. The van der Waals surface area contributed by atoms with E-state index in [0.717, 1.165) is 16.5 Å². The monoisotopic (exact) mass is 327 g/mol. The summed E-state index contributed by atoms with van der Waals surface area (Å²) in [6.45, 7) is 7.33. The molecule has 1 unspecified atom stereocenters. The van der Waals surface area contributed by atoms with Gasteiger partial charge in [0.1, 0.15) is 0 Å². The zero-order valence-electron chi connectivity index (χ0n) is 12.1. The molecule has 0 spiro atoms. The third kappa shape index (κ3) is 4.32. The van der Waals surface area contributed by atoms with Crippen LogP contribution in [0.5, 0.6) is 0 Å². The Morgan fingerprint density at radius 1 is 1.47 bits per heavy atom. The largest absolute Gasteiger partial charge is 0.383 e. The van der Waals surface area contributed by atoms with Gasteiger partial charge in [-0.25, -0.2) is 0 Å². The van der Waals surface area contributed by atoms with Crippen LogP contribution in [0.1, 0.15) is 36.2 Å². The van der Waals surface area contributed by atoms with E-state index < -0.39 is 0 Å². The molecule has 0 bridgehead atoms. The normalized spacial score (nSPS) is 12.3. The summed E-state index contributed by atoms with van der Waals surface area (Å²) < 4.78 is 5.95. The average molecular weight is 328 g/mol. The van der Waals surface area contributed by atoms with Crippen molar-refractivity contribution in [2.45, 2.75) is 33.2 Å². The highest BCUT2D eigenvalue weighted by molar-refractivity contribution is 9.10. The van der Waals surface area contributed by atoms with Crippen molar-refractivity contribution in [3.8, 4) is 0 Å². The van der Waals surface area contributed by atoms with Gasteiger partial charge in [-0.1, -0.05) is 13.0 Å². The van der Waals surface area contributed by atoms with E-state index in [0.29, 0.717) is 18.7 Å². The maximum atomic E-state index is 12.6. The van der Waals surface area contributed by atoms with Crippen LogP contribution in [0.4, 0.5) is 0 Å². The molecule has 3 nitrogen and oxygen atoms in total. The highest BCUT2D eigenvalue weighted by atomic mass is 79.9. The number of nitrogens with zero attached hydrogens (tertiary/aromatic N) is 1. The molecule has 0 aliphatic rings. The van der Waals surface area contributed by atoms with Crippen LogP contribution in [-0.2, 0) is 4.74 Å². The number of rotatable bonds is 6. The van der Waals surface area contributed by atoms with Gasteiger partial charge in [0.15, 0.2) is 0 Å². The maximum Gasteiger partial charge on any atom is 0.255 e. The lowest BCUT2D eigenvalue weighted by atomic mass is 10.1. The van der Waals surface area contributed by atoms with Crippen LogP contribution in [0.25, 0.3) is 0 Å². The van der Waals surface area contributed by atoms with E-state index >= 15 is 0 Å². The number of methoxy groups -OCH3 is 1. The van der Waals surface area contributed by atoms with Gasteiger partial charge in [0.25, 0.3) is 5.91 Å². The van der Waals surface area contributed by atoms with Gasteiger partial charge in [0, 0.05) is 24.2 Å². The highest BCUT2D eigenvalue weighted by Crippen LogP contribution is 2.21. The van der Waals surface area contributed by atoms with E-state index in [1.165, 1.54) is 0 Å². The van der Waals surface area contributed by atoms with Crippen molar-refractivity contribution in [3.05, 3.63) is 33.8 Å². The minimum Gasteiger partial charge on any atom is -0.383 e. The van der Waals surface area contributed by atoms with Crippen LogP contribution in [0.3, 0.4) is 0 Å². The summed E-state index contributed by atoms with van der Waals surface area (Å²) in [7, 11) is 1.65. The van der Waals surface area contributed by atoms with E-state index in [9.17, 15) is 4.79 Å². The summed E-state index contributed by atoms with van der Waals surface area (Å²) in [5, 5.41) is 0. The molecule has 0 fully saturated rings. The molecule has 0 N–H and O–H groups in total. The van der Waals surface area contributed by atoms with Crippen molar-refractivity contribution in [3.63, 3.8) is 0 Å². The van der Waals surface area contributed by atoms with Gasteiger partial charge in [-0.2, -0.15) is 0 Å². The molecular formula is C15H22BrNO2. The summed E-state index contributed by atoms with van der Waals surface area (Å²) in [6.07, 6.45) is 0.929. The number of ether oxygens (including phenoxy) is 1. The molecule has 0 radical (unpaired) electrons. The van der Waals surface area contributed by atoms with Gasteiger partial charge in [-0.3, -0.25) is 4.79 Å². The molecule has 0 aromatic heterocycles. The topological polar surface area (TPSA) is 29.5 Å². The Hall–Kier alpha value is -0.870. The zero-order chi connectivity index (χ0) is 14.4. The Labute approximate surface area is 124 Å². The number of benzene rings is 1. The first kappa shape index (κ1) is 16.2. The molecule has 1 rings (SSSR count). The quantitative estimate of drug-likeness (QED) is 0.798. The smallest absolute Gasteiger partial charge is 0.255 e. The number of carbonyl (C=O) groups excluding carboxylic acids is 1. The molecule has 4 heteroatoms. The van der Waals surface area contributed by atoms with E-state index in [4.69, 9.17) is 4.74 Å². The lowest BCUT2D eigenvalue weighted by Crippen LogP contribution is -2.40. The predicted molar refractivity (Wildman–Crippen MR) is 81.5 cm³/mol. The standard InChI is InChI=1S/C15H22BrNO2/c1-5-12(3)17(8-9-19-4)15(18)13-7-6-11(2)10-14(13)16/h6-7,10,12H,5,8-9H2,1-4H3. The third-order valence-corrected chi connectivity index (χ3v) is 3.93. The van der Waals surface area contributed by atoms with Gasteiger partial charge in [0.05, 0.1) is 12.2 Å². The lowest BCUT2D eigenvalue weighted by molar-refractivity contribution is 0.0613. The first-order chi connectivity index (χ1) is 9.01. The minimum absolute atomic E-state index is 0.0540. The van der Waals surface area contributed by atoms with Crippen LogP contribution >= 0.6 is 15.9 Å². The molecule has 1 aromatic rings. The van der Waals surface area contributed by atoms with E-state index in [2.05, 4.69) is 29.8 Å². The minimum atomic E-state index is 0.0540. The number of halogens is 1. The molecule has 106 valence electrons. The van der Waals surface area contributed by atoms with E-state index in [-0.39, 0.29) is 11.9 Å². The van der Waals surface area contributed by atoms with Crippen LogP contribution in [-0.4, -0.2) is 37.1 Å². The second kappa shape index (κ2) is 7.65. The van der Waals surface area contributed by atoms with Gasteiger partial charge < -0.3 is 9.64 Å². The first-order valence-corrected chi connectivity index (χ1v) is 7.36. The number of hydrogen-bond donors (Lipinski definition) is 0. The van der Waals surface area contributed by atoms with E-state index in [1.807, 2.05) is 30.0 Å². The Morgan fingerprint density at radius 3 is 2.68 bits per heavy atom. The predicted octanol–water partition coefficient (Wildman–Crippen LogP) is 3.64. The SMILES string of the molecule is CCC(C)N(CCOC)C(=O)c1ccc(C)cc1Br. The molecule has 0 saturated carbocycles. The molecule has 0 aliphatic heterocycles. The van der Waals surface area contributed by atoms with Crippen LogP contribution < -0.4 is 0 Å². The van der Waals surface area contributed by atoms with Gasteiger partial charge >= 0.3 is 0 Å². The lowest BCUT2D eigenvalue weighted by Gasteiger charge is -2.29. The highest BCUT2D eigenvalue weighted by Gasteiger charge is 2.21. The maximum absolute atomic E-state index is 12.6. The Bertz CT molecular complexity index is 434. The van der Waals surface area contributed by atoms with Crippen molar-refractivity contribution < 1.29 is 9.53 Å². The van der Waals surface area contributed by atoms with Crippen LogP contribution in [0.2, 0.25) is 0 Å². The molecule has 0 aliphatic carbocycles. The summed E-state index contributed by atoms with van der Waals surface area (Å²) >= 11 is 3.48. The van der Waals surface area contributed by atoms with Gasteiger partial charge in [-0.05, 0) is 53.9 Å². The van der Waals surface area contributed by atoms with E-state index in [1.54, 1.807) is 7.11 Å². The second-order valence-corrected chi connectivity index (χ2v) is 5.59. The fourth-order valence-corrected chi connectivity index (χ4v) is 2.54. The van der Waals surface area contributed by atoms with Crippen molar-refractivity contribution in [2.75, 3.05) is 20.3 Å². The molecule has 1 aromatic carbocycles. The number of carbonyl (C=O) groups is 1. The summed E-state index contributed by atoms with van der Waals surface area (Å²) in [6, 6.07) is 6.02. The summed E-state index contributed by atoms with van der Waals surface area (Å²) in [5.41, 5.74) is 1.84. The van der Waals surface area contributed by atoms with Crippen LogP contribution in [0.15, 0.2) is 22.7 Å². The third-order valence-electron chi connectivity index (χ3n) is 3.28. The van der Waals surface area contributed by atoms with Gasteiger partial charge in [0.2, 0.25) is 0 Å². The number of aryl methyl sites for hydroxylation is 1. The first-order valence-electron chi connectivity index (χ1n) is 6.57.